The van der Waals surface area contributed by atoms with E-state index in [1.165, 1.54) is 0 Å². The zero-order valence-electron chi connectivity index (χ0n) is 9.23. The maximum atomic E-state index is 11.5. The third kappa shape index (κ3) is 2.97. The molecule has 2 atom stereocenters. The molecule has 1 aliphatic heterocycles. The first kappa shape index (κ1) is 12.4. The zero-order chi connectivity index (χ0) is 12.3. The molecule has 1 fully saturated rings. The average Bonchev–Trinajstić information content (AvgIpc) is 2.69. The van der Waals surface area contributed by atoms with Crippen molar-refractivity contribution < 1.29 is 14.6 Å². The van der Waals surface area contributed by atoms with Crippen molar-refractivity contribution in [2.45, 2.75) is 18.6 Å². The Morgan fingerprint density at radius 2 is 2.12 bits per heavy atom. The lowest BCUT2D eigenvalue weighted by molar-refractivity contribution is -0.143. The highest BCUT2D eigenvalue weighted by Gasteiger charge is 2.34. The fraction of sp³-hybridized carbons (Fsp3) is 0.417. The highest BCUT2D eigenvalue weighted by molar-refractivity contribution is 6.30. The van der Waals surface area contributed by atoms with Gasteiger partial charge in [0.25, 0.3) is 0 Å². The van der Waals surface area contributed by atoms with Crippen LogP contribution in [0.25, 0.3) is 0 Å². The van der Waals surface area contributed by atoms with Crippen molar-refractivity contribution in [3.8, 4) is 0 Å². The molecule has 1 saturated heterocycles. The van der Waals surface area contributed by atoms with E-state index in [0.29, 0.717) is 18.0 Å². The molecule has 2 unspecified atom stereocenters. The summed E-state index contributed by atoms with van der Waals surface area (Å²) in [6.45, 7) is 0.405. The first-order valence-electron chi connectivity index (χ1n) is 5.51. The van der Waals surface area contributed by atoms with E-state index in [2.05, 4.69) is 5.32 Å². The zero-order valence-corrected chi connectivity index (χ0v) is 9.98. The lowest BCUT2D eigenvalue weighted by atomic mass is 10.0. The highest BCUT2D eigenvalue weighted by atomic mass is 35.5. The number of carbonyl (C=O) groups is 1. The maximum Gasteiger partial charge on any atom is 0.323 e. The number of esters is 1. The number of benzene rings is 1. The van der Waals surface area contributed by atoms with Gasteiger partial charge in [0, 0.05) is 18.0 Å². The number of cyclic esters (lactones) is 1. The van der Waals surface area contributed by atoms with E-state index >= 15 is 0 Å². The Bertz CT molecular complexity index is 393. The third-order valence-electron chi connectivity index (χ3n) is 2.74. The van der Waals surface area contributed by atoms with E-state index in [1.54, 1.807) is 12.1 Å². The van der Waals surface area contributed by atoms with Crippen molar-refractivity contribution in [3.63, 3.8) is 0 Å². The van der Waals surface area contributed by atoms with Crippen LogP contribution < -0.4 is 5.32 Å². The topological polar surface area (TPSA) is 58.6 Å². The summed E-state index contributed by atoms with van der Waals surface area (Å²) < 4.78 is 5.27. The highest BCUT2D eigenvalue weighted by Crippen LogP contribution is 2.30. The quantitative estimate of drug-likeness (QED) is 0.796. The molecule has 4 nitrogen and oxygen atoms in total. The number of nitrogens with one attached hydrogen (secondary N) is 1. The molecule has 2 rings (SSSR count). The van der Waals surface area contributed by atoms with Gasteiger partial charge in [-0.2, -0.15) is 0 Å². The van der Waals surface area contributed by atoms with Crippen LogP contribution >= 0.6 is 11.6 Å². The van der Waals surface area contributed by atoms with Gasteiger partial charge < -0.3 is 15.2 Å². The Hall–Kier alpha value is -1.10. The summed E-state index contributed by atoms with van der Waals surface area (Å²) in [5.41, 5.74) is 0.941. The normalized spacial score (nSPS) is 23.8. The van der Waals surface area contributed by atoms with Gasteiger partial charge in [-0.25, -0.2) is 0 Å². The van der Waals surface area contributed by atoms with Crippen LogP contribution in [0.3, 0.4) is 0 Å². The number of aliphatic hydroxyl groups excluding tert-OH is 1. The van der Waals surface area contributed by atoms with E-state index in [-0.39, 0.29) is 24.7 Å². The van der Waals surface area contributed by atoms with Crippen molar-refractivity contribution in [3.05, 3.63) is 34.9 Å². The van der Waals surface area contributed by atoms with Crippen LogP contribution in [0.5, 0.6) is 0 Å². The van der Waals surface area contributed by atoms with Crippen molar-refractivity contribution in [1.29, 1.82) is 0 Å². The minimum Gasteiger partial charge on any atom is -0.456 e. The Morgan fingerprint density at radius 1 is 1.41 bits per heavy atom. The van der Waals surface area contributed by atoms with Gasteiger partial charge in [0.05, 0.1) is 6.61 Å². The van der Waals surface area contributed by atoms with Gasteiger partial charge in [0.2, 0.25) is 0 Å². The van der Waals surface area contributed by atoms with Gasteiger partial charge >= 0.3 is 5.97 Å². The number of halogens is 1. The summed E-state index contributed by atoms with van der Waals surface area (Å²) in [7, 11) is 0. The number of carbonyl (C=O) groups excluding carboxylic acids is 1. The predicted molar refractivity (Wildman–Crippen MR) is 63.8 cm³/mol. The van der Waals surface area contributed by atoms with Gasteiger partial charge in [-0.05, 0) is 17.7 Å². The molecule has 0 radical (unpaired) electrons. The van der Waals surface area contributed by atoms with Crippen LogP contribution in [0, 0.1) is 0 Å². The van der Waals surface area contributed by atoms with E-state index < -0.39 is 0 Å². The van der Waals surface area contributed by atoms with E-state index in [0.717, 1.165) is 5.56 Å². The number of aliphatic hydroxyl groups is 1. The first-order valence-corrected chi connectivity index (χ1v) is 5.88. The Labute approximate surface area is 105 Å². The Balaban J connectivity index is 2.00. The van der Waals surface area contributed by atoms with E-state index in [1.807, 2.05) is 12.1 Å². The molecule has 92 valence electrons. The smallest absolute Gasteiger partial charge is 0.323 e. The molecule has 1 aromatic carbocycles. The molecule has 0 bridgehead atoms. The summed E-state index contributed by atoms with van der Waals surface area (Å²) in [6, 6.07) is 6.93. The number of ether oxygens (including phenoxy) is 1. The molecule has 0 aliphatic carbocycles. The van der Waals surface area contributed by atoms with Gasteiger partial charge in [-0.3, -0.25) is 4.79 Å². The molecule has 0 amide bonds. The molecular weight excluding hydrogens is 242 g/mol. The summed E-state index contributed by atoms with van der Waals surface area (Å²) >= 11 is 5.80. The van der Waals surface area contributed by atoms with Crippen molar-refractivity contribution >= 4 is 17.6 Å². The van der Waals surface area contributed by atoms with E-state index in [4.69, 9.17) is 21.4 Å². The Morgan fingerprint density at radius 3 is 2.76 bits per heavy atom. The first-order chi connectivity index (χ1) is 8.20. The molecule has 1 aromatic rings. The predicted octanol–water partition coefficient (Wildman–Crippen LogP) is 1.28. The minimum absolute atomic E-state index is 0.00932. The number of hydrogen-bond donors (Lipinski definition) is 2. The summed E-state index contributed by atoms with van der Waals surface area (Å²) in [6.07, 6.45) is 0.358. The number of hydrogen-bond acceptors (Lipinski definition) is 4. The maximum absolute atomic E-state index is 11.5. The van der Waals surface area contributed by atoms with Crippen LogP contribution in [0.1, 0.15) is 18.1 Å². The second-order valence-corrected chi connectivity index (χ2v) is 4.38. The molecule has 17 heavy (non-hydrogen) atoms. The van der Waals surface area contributed by atoms with Crippen LogP contribution in [0.15, 0.2) is 24.3 Å². The standard InChI is InChI=1S/C12H14ClNO3/c13-9-3-1-8(2-4-9)11-7-10(12(16)17-11)14-5-6-15/h1-4,10-11,14-15H,5-7H2. The van der Waals surface area contributed by atoms with Crippen molar-refractivity contribution in [2.24, 2.45) is 0 Å². The summed E-state index contributed by atoms with van der Waals surface area (Å²) in [5, 5.41) is 12.3. The van der Waals surface area contributed by atoms with Gasteiger partial charge in [0.15, 0.2) is 0 Å². The minimum atomic E-state index is -0.331. The molecule has 0 aromatic heterocycles. The molecule has 1 aliphatic rings. The molecule has 5 heteroatoms. The SMILES string of the molecule is O=C1OC(c2ccc(Cl)cc2)CC1NCCO. The molecule has 1 heterocycles. The molecule has 0 saturated carbocycles. The van der Waals surface area contributed by atoms with Gasteiger partial charge in [-0.15, -0.1) is 0 Å². The van der Waals surface area contributed by atoms with Crippen LogP contribution in [0.4, 0.5) is 0 Å². The van der Waals surface area contributed by atoms with Crippen molar-refractivity contribution in [2.75, 3.05) is 13.2 Å². The van der Waals surface area contributed by atoms with Crippen LogP contribution in [0.2, 0.25) is 5.02 Å². The largest absolute Gasteiger partial charge is 0.456 e. The lowest BCUT2D eigenvalue weighted by Crippen LogP contribution is -2.34. The summed E-state index contributed by atoms with van der Waals surface area (Å²) in [5.74, 6) is -0.265. The second kappa shape index (κ2) is 5.49. The second-order valence-electron chi connectivity index (χ2n) is 3.94. The Kier molecular flexibility index (Phi) is 3.99. The summed E-state index contributed by atoms with van der Waals surface area (Å²) in [4.78, 5) is 11.5. The van der Waals surface area contributed by atoms with Gasteiger partial charge in [-0.1, -0.05) is 23.7 Å². The fourth-order valence-corrected chi connectivity index (χ4v) is 1.99. The third-order valence-corrected chi connectivity index (χ3v) is 2.99. The lowest BCUT2D eigenvalue weighted by Gasteiger charge is -2.09. The van der Waals surface area contributed by atoms with Crippen molar-refractivity contribution in [1.82, 2.24) is 5.32 Å². The van der Waals surface area contributed by atoms with Crippen LogP contribution in [-0.4, -0.2) is 30.3 Å². The van der Waals surface area contributed by atoms with E-state index in [9.17, 15) is 4.79 Å². The molecule has 2 N–H and O–H groups in total. The molecule has 0 spiro atoms. The monoisotopic (exact) mass is 255 g/mol. The van der Waals surface area contributed by atoms with Crippen LogP contribution in [-0.2, 0) is 9.53 Å². The van der Waals surface area contributed by atoms with Gasteiger partial charge in [0.1, 0.15) is 12.1 Å². The molecular formula is C12H14ClNO3. The number of rotatable bonds is 4. The fourth-order valence-electron chi connectivity index (χ4n) is 1.87. The average molecular weight is 256 g/mol.